The fourth-order valence-corrected chi connectivity index (χ4v) is 4.81. The van der Waals surface area contributed by atoms with E-state index in [4.69, 9.17) is 9.15 Å². The van der Waals surface area contributed by atoms with Crippen LogP contribution in [-0.2, 0) is 22.1 Å². The van der Waals surface area contributed by atoms with Gasteiger partial charge in [0.2, 0.25) is 0 Å². The normalized spacial score (nSPS) is 22.3. The van der Waals surface area contributed by atoms with E-state index in [0.717, 1.165) is 5.76 Å². The summed E-state index contributed by atoms with van der Waals surface area (Å²) in [5, 5.41) is 0. The van der Waals surface area contributed by atoms with Gasteiger partial charge in [-0.15, -0.1) is 0 Å². The lowest BCUT2D eigenvalue weighted by Gasteiger charge is -2.42. The molecule has 150 valence electrons. The minimum absolute atomic E-state index is 0.109. The van der Waals surface area contributed by atoms with Gasteiger partial charge in [-0.3, -0.25) is 4.90 Å². The third kappa shape index (κ3) is 3.13. The minimum Gasteiger partial charge on any atom is -0.467 e. The van der Waals surface area contributed by atoms with Gasteiger partial charge in [0, 0.05) is 18.0 Å². The first-order valence-electron chi connectivity index (χ1n) is 10.4. The van der Waals surface area contributed by atoms with Crippen LogP contribution in [0.1, 0.15) is 81.4 Å². The second-order valence-corrected chi connectivity index (χ2v) is 9.50. The van der Waals surface area contributed by atoms with E-state index in [-0.39, 0.29) is 22.8 Å². The molecule has 1 aliphatic carbocycles. The number of amides is 1. The monoisotopic (exact) mass is 381 g/mol. The molecule has 1 aromatic carbocycles. The molecule has 1 aliphatic heterocycles. The number of ether oxygens (including phenoxy) is 1. The van der Waals surface area contributed by atoms with Gasteiger partial charge in [-0.2, -0.15) is 0 Å². The molecule has 1 unspecified atom stereocenters. The SMILES string of the molecule is CCOC(=O)N1Cc2occc2C(c2ccc3c(c2)C(C)(C)CCC3(C)C)C1. The molecule has 2 heterocycles. The summed E-state index contributed by atoms with van der Waals surface area (Å²) in [5.74, 6) is 0.972. The van der Waals surface area contributed by atoms with Gasteiger partial charge in [-0.05, 0) is 53.4 Å². The van der Waals surface area contributed by atoms with E-state index >= 15 is 0 Å². The maximum Gasteiger partial charge on any atom is 0.410 e. The molecule has 0 fully saturated rings. The van der Waals surface area contributed by atoms with Crippen molar-refractivity contribution in [1.82, 2.24) is 4.90 Å². The third-order valence-electron chi connectivity index (χ3n) is 6.70. The molecule has 0 bridgehead atoms. The highest BCUT2D eigenvalue weighted by Gasteiger charge is 2.38. The van der Waals surface area contributed by atoms with Crippen molar-refractivity contribution in [2.45, 2.75) is 70.8 Å². The van der Waals surface area contributed by atoms with Crippen LogP contribution >= 0.6 is 0 Å². The van der Waals surface area contributed by atoms with Crippen molar-refractivity contribution in [3.05, 3.63) is 58.5 Å². The van der Waals surface area contributed by atoms with E-state index in [2.05, 4.69) is 52.0 Å². The predicted octanol–water partition coefficient (Wildman–Crippen LogP) is 5.73. The van der Waals surface area contributed by atoms with Crippen molar-refractivity contribution >= 4 is 6.09 Å². The lowest BCUT2D eigenvalue weighted by molar-refractivity contribution is 0.0966. The molecule has 1 atom stereocenters. The first-order chi connectivity index (χ1) is 13.2. The van der Waals surface area contributed by atoms with Crippen molar-refractivity contribution in [3.63, 3.8) is 0 Å². The van der Waals surface area contributed by atoms with Crippen LogP contribution in [0.15, 0.2) is 34.9 Å². The van der Waals surface area contributed by atoms with E-state index in [1.54, 1.807) is 11.2 Å². The summed E-state index contributed by atoms with van der Waals surface area (Å²) in [6, 6.07) is 9.00. The zero-order valence-corrected chi connectivity index (χ0v) is 17.7. The van der Waals surface area contributed by atoms with Gasteiger partial charge >= 0.3 is 6.09 Å². The van der Waals surface area contributed by atoms with Gasteiger partial charge in [0.15, 0.2) is 0 Å². The number of furan rings is 1. The maximum absolute atomic E-state index is 12.4. The highest BCUT2D eigenvalue weighted by molar-refractivity contribution is 5.68. The Kier molecular flexibility index (Phi) is 4.56. The molecule has 2 aliphatic rings. The van der Waals surface area contributed by atoms with Crippen molar-refractivity contribution in [2.24, 2.45) is 0 Å². The highest BCUT2D eigenvalue weighted by atomic mass is 16.6. The Morgan fingerprint density at radius 3 is 2.57 bits per heavy atom. The van der Waals surface area contributed by atoms with Crippen LogP contribution in [0.4, 0.5) is 4.79 Å². The lowest BCUT2D eigenvalue weighted by atomic mass is 9.62. The van der Waals surface area contributed by atoms with Crippen molar-refractivity contribution in [1.29, 1.82) is 0 Å². The number of carbonyl (C=O) groups is 1. The van der Waals surface area contributed by atoms with Gasteiger partial charge in [0.1, 0.15) is 5.76 Å². The zero-order valence-electron chi connectivity index (χ0n) is 17.7. The lowest BCUT2D eigenvalue weighted by Crippen LogP contribution is -2.39. The number of rotatable bonds is 2. The number of benzene rings is 1. The Hall–Kier alpha value is -2.23. The number of hydrogen-bond acceptors (Lipinski definition) is 3. The Morgan fingerprint density at radius 1 is 1.14 bits per heavy atom. The molecule has 0 spiro atoms. The van der Waals surface area contributed by atoms with Crippen molar-refractivity contribution in [3.8, 4) is 0 Å². The largest absolute Gasteiger partial charge is 0.467 e. The third-order valence-corrected chi connectivity index (χ3v) is 6.70. The fraction of sp³-hybridized carbons (Fsp3) is 0.542. The summed E-state index contributed by atoms with van der Waals surface area (Å²) >= 11 is 0. The summed E-state index contributed by atoms with van der Waals surface area (Å²) < 4.78 is 11.0. The summed E-state index contributed by atoms with van der Waals surface area (Å²) in [6.07, 6.45) is 3.86. The van der Waals surface area contributed by atoms with Crippen LogP contribution in [-0.4, -0.2) is 24.1 Å². The van der Waals surface area contributed by atoms with E-state index < -0.39 is 0 Å². The van der Waals surface area contributed by atoms with Crippen LogP contribution in [0.3, 0.4) is 0 Å². The Labute approximate surface area is 167 Å². The molecule has 0 radical (unpaired) electrons. The minimum atomic E-state index is -0.269. The standard InChI is InChI=1S/C24H31NO3/c1-6-27-22(26)25-14-18(17-9-12-28-21(17)15-25)16-7-8-19-20(13-16)24(4,5)11-10-23(19,2)3/h7-9,12-13,18H,6,10-11,14-15H2,1-5H3. The molecular weight excluding hydrogens is 350 g/mol. The molecule has 0 saturated carbocycles. The topological polar surface area (TPSA) is 42.7 Å². The van der Waals surface area contributed by atoms with Crippen molar-refractivity contribution in [2.75, 3.05) is 13.2 Å². The first-order valence-corrected chi connectivity index (χ1v) is 10.4. The van der Waals surface area contributed by atoms with Crippen LogP contribution in [0.2, 0.25) is 0 Å². The number of hydrogen-bond donors (Lipinski definition) is 0. The smallest absolute Gasteiger partial charge is 0.410 e. The zero-order chi connectivity index (χ0) is 20.1. The quantitative estimate of drug-likeness (QED) is 0.667. The molecule has 4 rings (SSSR count). The summed E-state index contributed by atoms with van der Waals surface area (Å²) in [4.78, 5) is 14.1. The van der Waals surface area contributed by atoms with E-state index in [1.165, 1.54) is 35.1 Å². The van der Waals surface area contributed by atoms with Gasteiger partial charge in [-0.1, -0.05) is 45.9 Å². The fourth-order valence-electron chi connectivity index (χ4n) is 4.81. The molecule has 4 nitrogen and oxygen atoms in total. The molecule has 2 aromatic rings. The van der Waals surface area contributed by atoms with Crippen LogP contribution in [0.25, 0.3) is 0 Å². The van der Waals surface area contributed by atoms with Crippen LogP contribution in [0, 0.1) is 0 Å². The Bertz CT molecular complexity index is 893. The molecule has 1 aromatic heterocycles. The molecule has 0 N–H and O–H groups in total. The molecule has 4 heteroatoms. The number of nitrogens with zero attached hydrogens (tertiary/aromatic N) is 1. The number of carbonyl (C=O) groups excluding carboxylic acids is 1. The summed E-state index contributed by atoms with van der Waals surface area (Å²) in [5.41, 5.74) is 5.70. The van der Waals surface area contributed by atoms with E-state index in [9.17, 15) is 4.79 Å². The number of fused-ring (bicyclic) bond motifs is 2. The molecule has 28 heavy (non-hydrogen) atoms. The summed E-state index contributed by atoms with van der Waals surface area (Å²) in [7, 11) is 0. The van der Waals surface area contributed by atoms with Gasteiger partial charge < -0.3 is 9.15 Å². The van der Waals surface area contributed by atoms with Gasteiger partial charge in [0.05, 0.1) is 19.4 Å². The molecule has 0 saturated heterocycles. The van der Waals surface area contributed by atoms with Crippen LogP contribution in [0.5, 0.6) is 0 Å². The van der Waals surface area contributed by atoms with Gasteiger partial charge in [0.25, 0.3) is 0 Å². The second kappa shape index (κ2) is 6.68. The molecular formula is C24H31NO3. The van der Waals surface area contributed by atoms with Gasteiger partial charge in [-0.25, -0.2) is 4.79 Å². The average molecular weight is 382 g/mol. The van der Waals surface area contributed by atoms with Crippen molar-refractivity contribution < 1.29 is 13.9 Å². The van der Waals surface area contributed by atoms with E-state index in [1.807, 2.05) is 6.92 Å². The predicted molar refractivity (Wildman–Crippen MR) is 110 cm³/mol. The Morgan fingerprint density at radius 2 is 1.86 bits per heavy atom. The molecule has 1 amide bonds. The maximum atomic E-state index is 12.4. The summed E-state index contributed by atoms with van der Waals surface area (Å²) in [6.45, 7) is 12.7. The second-order valence-electron chi connectivity index (χ2n) is 9.50. The average Bonchev–Trinajstić information content (AvgIpc) is 3.13. The highest BCUT2D eigenvalue weighted by Crippen LogP contribution is 2.47. The first kappa shape index (κ1) is 19.1. The van der Waals surface area contributed by atoms with E-state index in [0.29, 0.717) is 19.7 Å². The van der Waals surface area contributed by atoms with Crippen LogP contribution < -0.4 is 0 Å². The Balaban J connectivity index is 1.76.